The van der Waals surface area contributed by atoms with E-state index in [1.807, 2.05) is 0 Å². The first-order valence-corrected chi connectivity index (χ1v) is 10.2. The molecule has 35 heavy (non-hydrogen) atoms. The van der Waals surface area contributed by atoms with Crippen LogP contribution in [0.15, 0.2) is 86.5 Å². The Balaban J connectivity index is 1.36. The minimum absolute atomic E-state index is 0.0843. The normalized spacial score (nSPS) is 11.7. The van der Waals surface area contributed by atoms with E-state index < -0.39 is 17.6 Å². The molecular weight excluding hydrogens is 468 g/mol. The highest BCUT2D eigenvalue weighted by Gasteiger charge is 2.30. The molecule has 10 heteroatoms. The number of aromatic nitrogens is 2. The molecule has 0 saturated carbocycles. The highest BCUT2D eigenvalue weighted by molar-refractivity contribution is 5.80. The lowest BCUT2D eigenvalue weighted by Crippen LogP contribution is -2.04. The van der Waals surface area contributed by atoms with E-state index in [1.54, 1.807) is 12.1 Å². The number of benzene rings is 3. The van der Waals surface area contributed by atoms with Gasteiger partial charge in [-0.05, 0) is 42.5 Å². The van der Waals surface area contributed by atoms with Gasteiger partial charge in [-0.25, -0.2) is 4.39 Å². The van der Waals surface area contributed by atoms with E-state index in [0.29, 0.717) is 16.7 Å². The SMILES string of the molecule is O=c1cc(-c2cccc(F)c2)oc2cc(OCc3noc(-c4cccc(C(F)(F)F)c4)n3)ccc12. The third-order valence-electron chi connectivity index (χ3n) is 5.08. The van der Waals surface area contributed by atoms with E-state index in [2.05, 4.69) is 10.1 Å². The van der Waals surface area contributed by atoms with Crippen LogP contribution < -0.4 is 10.2 Å². The van der Waals surface area contributed by atoms with E-state index in [-0.39, 0.29) is 40.7 Å². The molecule has 0 fully saturated rings. The smallest absolute Gasteiger partial charge is 0.416 e. The highest BCUT2D eigenvalue weighted by atomic mass is 19.4. The van der Waals surface area contributed by atoms with Gasteiger partial charge in [0.2, 0.25) is 5.82 Å². The monoisotopic (exact) mass is 482 g/mol. The van der Waals surface area contributed by atoms with Gasteiger partial charge in [0.1, 0.15) is 22.9 Å². The van der Waals surface area contributed by atoms with Gasteiger partial charge in [-0.2, -0.15) is 18.2 Å². The number of alkyl halides is 3. The number of nitrogens with zero attached hydrogens (tertiary/aromatic N) is 2. The molecule has 0 aliphatic heterocycles. The van der Waals surface area contributed by atoms with Crippen LogP contribution in [-0.2, 0) is 12.8 Å². The van der Waals surface area contributed by atoms with Crippen LogP contribution in [0.25, 0.3) is 33.7 Å². The van der Waals surface area contributed by atoms with Crippen LogP contribution in [0.1, 0.15) is 11.4 Å². The first-order chi connectivity index (χ1) is 16.8. The Kier molecular flexibility index (Phi) is 5.56. The number of ether oxygens (including phenoxy) is 1. The zero-order valence-corrected chi connectivity index (χ0v) is 17.7. The fraction of sp³-hybridized carbons (Fsp3) is 0.0800. The van der Waals surface area contributed by atoms with Gasteiger partial charge in [0, 0.05) is 23.3 Å². The largest absolute Gasteiger partial charge is 0.485 e. The van der Waals surface area contributed by atoms with Gasteiger partial charge in [-0.1, -0.05) is 23.4 Å². The summed E-state index contributed by atoms with van der Waals surface area (Å²) in [5, 5.41) is 4.05. The Morgan fingerprint density at radius 3 is 2.51 bits per heavy atom. The average molecular weight is 482 g/mol. The van der Waals surface area contributed by atoms with E-state index in [4.69, 9.17) is 13.7 Å². The van der Waals surface area contributed by atoms with E-state index >= 15 is 0 Å². The van der Waals surface area contributed by atoms with Crippen molar-refractivity contribution in [1.29, 1.82) is 0 Å². The molecule has 2 heterocycles. The average Bonchev–Trinajstić information content (AvgIpc) is 3.31. The lowest BCUT2D eigenvalue weighted by molar-refractivity contribution is -0.137. The van der Waals surface area contributed by atoms with Crippen molar-refractivity contribution in [2.75, 3.05) is 0 Å². The summed E-state index contributed by atoms with van der Waals surface area (Å²) in [6.45, 7) is -0.151. The van der Waals surface area contributed by atoms with Gasteiger partial charge in [0.15, 0.2) is 12.0 Å². The third kappa shape index (κ3) is 4.77. The van der Waals surface area contributed by atoms with Crippen LogP contribution in [0.3, 0.4) is 0 Å². The summed E-state index contributed by atoms with van der Waals surface area (Å²) < 4.78 is 68.9. The summed E-state index contributed by atoms with van der Waals surface area (Å²) in [6, 6.07) is 16.0. The van der Waals surface area contributed by atoms with Crippen molar-refractivity contribution in [3.05, 3.63) is 100 Å². The molecule has 0 spiro atoms. The molecule has 0 atom stereocenters. The van der Waals surface area contributed by atoms with Gasteiger partial charge < -0.3 is 13.7 Å². The highest BCUT2D eigenvalue weighted by Crippen LogP contribution is 2.32. The number of rotatable bonds is 5. The number of fused-ring (bicyclic) bond motifs is 1. The molecule has 0 saturated heterocycles. The van der Waals surface area contributed by atoms with Gasteiger partial charge in [0.25, 0.3) is 5.89 Å². The molecule has 5 rings (SSSR count). The van der Waals surface area contributed by atoms with Crippen LogP contribution in [0.2, 0.25) is 0 Å². The predicted molar refractivity (Wildman–Crippen MR) is 117 cm³/mol. The molecule has 2 aromatic heterocycles. The summed E-state index contributed by atoms with van der Waals surface area (Å²) in [4.78, 5) is 16.6. The minimum Gasteiger partial charge on any atom is -0.485 e. The van der Waals surface area contributed by atoms with Crippen molar-refractivity contribution in [2.45, 2.75) is 12.8 Å². The maximum atomic E-state index is 13.6. The Morgan fingerprint density at radius 1 is 0.914 bits per heavy atom. The van der Waals surface area contributed by atoms with Gasteiger partial charge in [-0.3, -0.25) is 4.79 Å². The first kappa shape index (κ1) is 22.3. The van der Waals surface area contributed by atoms with E-state index in [1.165, 1.54) is 48.5 Å². The molecule has 0 unspecified atom stereocenters. The van der Waals surface area contributed by atoms with Crippen molar-refractivity contribution in [2.24, 2.45) is 0 Å². The second kappa shape index (κ2) is 8.71. The standard InChI is InChI=1S/C25H14F4N2O4/c26-17-6-2-3-14(10-17)21-12-20(32)19-8-7-18(11-22(19)34-21)33-13-23-30-24(35-31-23)15-4-1-5-16(9-15)25(27,28)29/h1-12H,13H2. The molecule has 0 bridgehead atoms. The van der Waals surface area contributed by atoms with Crippen LogP contribution in [0, 0.1) is 5.82 Å². The summed E-state index contributed by atoms with van der Waals surface area (Å²) in [5.74, 6) is 0.0730. The molecular formula is C25H14F4N2O4. The Morgan fingerprint density at radius 2 is 1.71 bits per heavy atom. The van der Waals surface area contributed by atoms with E-state index in [9.17, 15) is 22.4 Å². The Labute approximate surface area is 194 Å². The van der Waals surface area contributed by atoms with Crippen molar-refractivity contribution < 1.29 is 31.2 Å². The van der Waals surface area contributed by atoms with Crippen molar-refractivity contribution in [3.63, 3.8) is 0 Å². The minimum atomic E-state index is -4.50. The predicted octanol–water partition coefficient (Wildman–Crippen LogP) is 6.25. The van der Waals surface area contributed by atoms with Crippen molar-refractivity contribution in [3.8, 4) is 28.5 Å². The first-order valence-electron chi connectivity index (χ1n) is 10.2. The van der Waals surface area contributed by atoms with Crippen LogP contribution >= 0.6 is 0 Å². The maximum Gasteiger partial charge on any atom is 0.416 e. The number of hydrogen-bond donors (Lipinski definition) is 0. The molecule has 0 aliphatic carbocycles. The molecule has 0 amide bonds. The van der Waals surface area contributed by atoms with Gasteiger partial charge in [-0.15, -0.1) is 0 Å². The quantitative estimate of drug-likeness (QED) is 0.276. The summed E-state index contributed by atoms with van der Waals surface area (Å²) >= 11 is 0. The zero-order chi connectivity index (χ0) is 24.6. The van der Waals surface area contributed by atoms with E-state index in [0.717, 1.165) is 12.1 Å². The van der Waals surface area contributed by atoms with Crippen molar-refractivity contribution >= 4 is 11.0 Å². The molecule has 3 aromatic carbocycles. The lowest BCUT2D eigenvalue weighted by atomic mass is 10.1. The second-order valence-corrected chi connectivity index (χ2v) is 7.53. The fourth-order valence-corrected chi connectivity index (χ4v) is 3.42. The molecule has 6 nitrogen and oxygen atoms in total. The topological polar surface area (TPSA) is 78.4 Å². The lowest BCUT2D eigenvalue weighted by Gasteiger charge is -2.07. The summed E-state index contributed by atoms with van der Waals surface area (Å²) in [7, 11) is 0. The summed E-state index contributed by atoms with van der Waals surface area (Å²) in [6.07, 6.45) is -4.50. The number of halogens is 4. The number of hydrogen-bond acceptors (Lipinski definition) is 6. The van der Waals surface area contributed by atoms with Crippen molar-refractivity contribution in [1.82, 2.24) is 10.1 Å². The molecule has 0 N–H and O–H groups in total. The molecule has 5 aromatic rings. The second-order valence-electron chi connectivity index (χ2n) is 7.53. The maximum absolute atomic E-state index is 13.6. The Bertz CT molecular complexity index is 1590. The summed E-state index contributed by atoms with van der Waals surface area (Å²) in [5.41, 5.74) is -0.380. The zero-order valence-electron chi connectivity index (χ0n) is 17.7. The fourth-order valence-electron chi connectivity index (χ4n) is 3.42. The third-order valence-corrected chi connectivity index (χ3v) is 5.08. The molecule has 0 aliphatic rings. The molecule has 0 radical (unpaired) electrons. The van der Waals surface area contributed by atoms with Crippen LogP contribution in [-0.4, -0.2) is 10.1 Å². The Hall–Kier alpha value is -4.47. The molecule has 176 valence electrons. The van der Waals surface area contributed by atoms with Gasteiger partial charge in [0.05, 0.1) is 10.9 Å². The van der Waals surface area contributed by atoms with Crippen LogP contribution in [0.4, 0.5) is 17.6 Å². The van der Waals surface area contributed by atoms with Gasteiger partial charge >= 0.3 is 6.18 Å². The van der Waals surface area contributed by atoms with Crippen LogP contribution in [0.5, 0.6) is 5.75 Å².